The second kappa shape index (κ2) is 11.1. The normalized spacial score (nSPS) is 16.8. The van der Waals surface area contributed by atoms with Crippen LogP contribution >= 0.6 is 11.3 Å². The largest absolute Gasteiger partial charge is 0.481 e. The molecule has 1 aliphatic heterocycles. The molecule has 40 heavy (non-hydrogen) atoms. The molecule has 1 N–H and O–H groups in total. The number of carbonyl (C=O) groups excluding carboxylic acids is 1. The second-order valence-electron chi connectivity index (χ2n) is 10.8. The van der Waals surface area contributed by atoms with Crippen LogP contribution in [0, 0.1) is 17.7 Å². The van der Waals surface area contributed by atoms with E-state index < -0.39 is 11.9 Å². The Balaban J connectivity index is 1.32. The van der Waals surface area contributed by atoms with E-state index in [1.54, 1.807) is 17.2 Å². The number of aryl methyl sites for hydroxylation is 1. The molecule has 0 spiro atoms. The standard InChI is InChI=1S/C30H31FN4O4S/c1-34-9-6-19-13-21(16-32-28(19)34)24-5-2-22(31)15-25(24)26-17-40-30(33-26)35(23-3-4-23)29(38)20(14-27(36)37)12-18-7-10-39-11-8-18/h2,5-6,9,13,15-18,20,23H,3-4,7-8,10-12,14H2,1H3,(H,36,37)/t20-/m1/s1. The first-order chi connectivity index (χ1) is 19.4. The quantitative estimate of drug-likeness (QED) is 0.273. The number of aromatic nitrogens is 3. The minimum atomic E-state index is -0.977. The van der Waals surface area contributed by atoms with Crippen molar-refractivity contribution in [1.82, 2.24) is 14.5 Å². The van der Waals surface area contributed by atoms with Gasteiger partial charge in [-0.15, -0.1) is 11.3 Å². The number of carbonyl (C=O) groups is 2. The summed E-state index contributed by atoms with van der Waals surface area (Å²) in [6.07, 6.45) is 7.42. The molecular weight excluding hydrogens is 531 g/mol. The fraction of sp³-hybridized carbons (Fsp3) is 0.400. The van der Waals surface area contributed by atoms with Gasteiger partial charge in [0, 0.05) is 66.5 Å². The van der Waals surface area contributed by atoms with Crippen molar-refractivity contribution in [3.05, 3.63) is 53.9 Å². The fourth-order valence-corrected chi connectivity index (χ4v) is 6.51. The van der Waals surface area contributed by atoms with Gasteiger partial charge in [-0.2, -0.15) is 0 Å². The summed E-state index contributed by atoms with van der Waals surface area (Å²) >= 11 is 1.33. The van der Waals surface area contributed by atoms with Crippen molar-refractivity contribution in [2.45, 2.75) is 44.6 Å². The lowest BCUT2D eigenvalue weighted by Gasteiger charge is -2.29. The highest BCUT2D eigenvalue weighted by Gasteiger charge is 2.40. The Hall–Kier alpha value is -3.63. The first-order valence-electron chi connectivity index (χ1n) is 13.7. The van der Waals surface area contributed by atoms with E-state index in [9.17, 15) is 19.1 Å². The van der Waals surface area contributed by atoms with Gasteiger partial charge in [0.2, 0.25) is 5.91 Å². The number of benzene rings is 1. The average Bonchev–Trinajstić information content (AvgIpc) is 3.54. The number of rotatable bonds is 9. The van der Waals surface area contributed by atoms with Crippen molar-refractivity contribution in [1.29, 1.82) is 0 Å². The van der Waals surface area contributed by atoms with Crippen LogP contribution in [0.5, 0.6) is 0 Å². The third-order valence-electron chi connectivity index (χ3n) is 7.85. The summed E-state index contributed by atoms with van der Waals surface area (Å²) in [6, 6.07) is 8.64. The second-order valence-corrected chi connectivity index (χ2v) is 11.6. The number of nitrogens with zero attached hydrogens (tertiary/aromatic N) is 4. The Bertz CT molecular complexity index is 1560. The Labute approximate surface area is 235 Å². The lowest BCUT2D eigenvalue weighted by atomic mass is 9.86. The lowest BCUT2D eigenvalue weighted by Crippen LogP contribution is -2.40. The highest BCUT2D eigenvalue weighted by atomic mass is 32.1. The average molecular weight is 563 g/mol. The van der Waals surface area contributed by atoms with Crippen LogP contribution in [0.15, 0.2) is 48.1 Å². The van der Waals surface area contributed by atoms with Gasteiger partial charge in [0.1, 0.15) is 11.5 Å². The summed E-state index contributed by atoms with van der Waals surface area (Å²) in [7, 11) is 1.94. The van der Waals surface area contributed by atoms with E-state index in [1.165, 1.54) is 23.5 Å². The maximum absolute atomic E-state index is 14.5. The molecule has 4 heterocycles. The summed E-state index contributed by atoms with van der Waals surface area (Å²) in [5.41, 5.74) is 3.69. The van der Waals surface area contributed by atoms with Crippen LogP contribution in [0.3, 0.4) is 0 Å². The number of carboxylic acid groups (broad SMARTS) is 1. The maximum atomic E-state index is 14.5. The molecule has 0 bridgehead atoms. The van der Waals surface area contributed by atoms with Gasteiger partial charge >= 0.3 is 5.97 Å². The van der Waals surface area contributed by atoms with E-state index in [2.05, 4.69) is 4.98 Å². The van der Waals surface area contributed by atoms with Crippen LogP contribution in [-0.2, 0) is 21.4 Å². The van der Waals surface area contributed by atoms with Crippen LogP contribution in [0.4, 0.5) is 9.52 Å². The van der Waals surface area contributed by atoms with Crippen molar-refractivity contribution in [3.8, 4) is 22.4 Å². The fourth-order valence-electron chi connectivity index (χ4n) is 5.61. The molecule has 6 rings (SSSR count). The van der Waals surface area contributed by atoms with Crippen molar-refractivity contribution in [2.75, 3.05) is 18.1 Å². The number of ether oxygens (including phenoxy) is 1. The molecule has 4 aromatic rings. The molecule has 1 amide bonds. The zero-order valence-electron chi connectivity index (χ0n) is 22.3. The third-order valence-corrected chi connectivity index (χ3v) is 8.69. The third kappa shape index (κ3) is 5.51. The van der Waals surface area contributed by atoms with E-state index in [4.69, 9.17) is 9.72 Å². The molecular formula is C30H31FN4O4S. The molecule has 2 fully saturated rings. The molecule has 10 heteroatoms. The van der Waals surface area contributed by atoms with Crippen LogP contribution in [-0.4, -0.2) is 50.8 Å². The Morgan fingerprint density at radius 1 is 1.18 bits per heavy atom. The molecule has 8 nitrogen and oxygen atoms in total. The molecule has 1 saturated carbocycles. The van der Waals surface area contributed by atoms with Gasteiger partial charge in [-0.3, -0.25) is 14.5 Å². The predicted molar refractivity (Wildman–Crippen MR) is 152 cm³/mol. The molecule has 208 valence electrons. The van der Waals surface area contributed by atoms with E-state index in [-0.39, 0.29) is 30.1 Å². The number of anilines is 1. The summed E-state index contributed by atoms with van der Waals surface area (Å²) in [4.78, 5) is 36.7. The highest BCUT2D eigenvalue weighted by Crippen LogP contribution is 2.40. The zero-order valence-corrected chi connectivity index (χ0v) is 23.1. The van der Waals surface area contributed by atoms with Crippen LogP contribution < -0.4 is 4.90 Å². The van der Waals surface area contributed by atoms with Crippen LogP contribution in [0.2, 0.25) is 0 Å². The zero-order chi connectivity index (χ0) is 27.8. The summed E-state index contributed by atoms with van der Waals surface area (Å²) in [5.74, 6) is -1.90. The number of aliphatic carboxylic acids is 1. The van der Waals surface area contributed by atoms with Gasteiger partial charge < -0.3 is 14.4 Å². The van der Waals surface area contributed by atoms with Gasteiger partial charge in [-0.1, -0.05) is 6.07 Å². The van der Waals surface area contributed by atoms with E-state index in [0.717, 1.165) is 47.8 Å². The number of fused-ring (bicyclic) bond motifs is 1. The first kappa shape index (κ1) is 26.6. The smallest absolute Gasteiger partial charge is 0.304 e. The maximum Gasteiger partial charge on any atom is 0.304 e. The Kier molecular flexibility index (Phi) is 7.37. The van der Waals surface area contributed by atoms with Gasteiger partial charge in [-0.05, 0) is 67.9 Å². The first-order valence-corrected chi connectivity index (χ1v) is 14.5. The molecule has 0 unspecified atom stereocenters. The Morgan fingerprint density at radius 2 is 1.98 bits per heavy atom. The summed E-state index contributed by atoms with van der Waals surface area (Å²) in [5, 5.41) is 13.0. The van der Waals surface area contributed by atoms with Gasteiger partial charge in [0.25, 0.3) is 0 Å². The summed E-state index contributed by atoms with van der Waals surface area (Å²) in [6.45, 7) is 1.28. The topological polar surface area (TPSA) is 97.6 Å². The number of hydrogen-bond acceptors (Lipinski definition) is 6. The van der Waals surface area contributed by atoms with Crippen molar-refractivity contribution < 1.29 is 23.8 Å². The highest BCUT2D eigenvalue weighted by molar-refractivity contribution is 7.14. The van der Waals surface area contributed by atoms with Crippen molar-refractivity contribution in [2.24, 2.45) is 18.9 Å². The monoisotopic (exact) mass is 562 g/mol. The molecule has 1 atom stereocenters. The molecule has 3 aromatic heterocycles. The molecule has 2 aliphatic rings. The van der Waals surface area contributed by atoms with Crippen molar-refractivity contribution in [3.63, 3.8) is 0 Å². The van der Waals surface area contributed by atoms with E-state index in [0.29, 0.717) is 36.0 Å². The SMILES string of the molecule is Cn1ccc2cc(-c3ccc(F)cc3-c3csc(N(C(=O)[C@@H](CC(=O)O)CC4CCOCC4)C4CC4)n3)cnc21. The van der Waals surface area contributed by atoms with Gasteiger partial charge in [0.15, 0.2) is 5.13 Å². The number of carboxylic acids is 1. The predicted octanol–water partition coefficient (Wildman–Crippen LogP) is 5.91. The van der Waals surface area contributed by atoms with Crippen LogP contribution in [0.1, 0.15) is 38.5 Å². The van der Waals surface area contributed by atoms with Crippen molar-refractivity contribution >= 4 is 39.4 Å². The number of thiazole rings is 1. The number of halogens is 1. The van der Waals surface area contributed by atoms with Gasteiger partial charge in [-0.25, -0.2) is 14.4 Å². The molecule has 1 aromatic carbocycles. The number of hydrogen-bond donors (Lipinski definition) is 1. The molecule has 0 radical (unpaired) electrons. The minimum absolute atomic E-state index is 0.00847. The number of pyridine rings is 1. The number of amides is 1. The summed E-state index contributed by atoms with van der Waals surface area (Å²) < 4.78 is 21.9. The Morgan fingerprint density at radius 3 is 2.73 bits per heavy atom. The molecule has 1 saturated heterocycles. The van der Waals surface area contributed by atoms with Crippen LogP contribution in [0.25, 0.3) is 33.4 Å². The lowest BCUT2D eigenvalue weighted by molar-refractivity contribution is -0.141. The van der Waals surface area contributed by atoms with E-state index in [1.807, 2.05) is 35.3 Å². The van der Waals surface area contributed by atoms with E-state index >= 15 is 0 Å². The minimum Gasteiger partial charge on any atom is -0.481 e. The van der Waals surface area contributed by atoms with Gasteiger partial charge in [0.05, 0.1) is 12.1 Å². The molecule has 1 aliphatic carbocycles.